The van der Waals surface area contributed by atoms with Crippen LogP contribution in [0.1, 0.15) is 11.1 Å². The number of aromatic hydroxyl groups is 1. The van der Waals surface area contributed by atoms with E-state index in [1.165, 1.54) is 0 Å². The van der Waals surface area contributed by atoms with Crippen LogP contribution in [0.5, 0.6) is 5.75 Å². The zero-order chi connectivity index (χ0) is 6.85. The van der Waals surface area contributed by atoms with Gasteiger partial charge >= 0.3 is 29.6 Å². The Labute approximate surface area is 83.4 Å². The van der Waals surface area contributed by atoms with E-state index in [1.54, 1.807) is 6.07 Å². The van der Waals surface area contributed by atoms with Crippen LogP contribution in [0, 0.1) is 13.8 Å². The first-order valence-electron chi connectivity index (χ1n) is 2.96. The van der Waals surface area contributed by atoms with E-state index >= 15 is 0 Å². The molecule has 1 nitrogen and oxygen atoms in total. The maximum absolute atomic E-state index is 9.10. The van der Waals surface area contributed by atoms with Crippen LogP contribution in [0.25, 0.3) is 0 Å². The molecule has 0 amide bonds. The zero-order valence-corrected chi connectivity index (χ0v) is 5.68. The molecule has 50 valence electrons. The third-order valence-corrected chi connectivity index (χ3v) is 1.36. The molecule has 10 heavy (non-hydrogen) atoms. The van der Waals surface area contributed by atoms with Crippen LogP contribution in [0.4, 0.5) is 0 Å². The van der Waals surface area contributed by atoms with E-state index < -0.39 is 0 Å². The van der Waals surface area contributed by atoms with Crippen LogP contribution in [-0.2, 0) is 0 Å². The molecule has 1 aromatic carbocycles. The molecule has 0 aliphatic rings. The van der Waals surface area contributed by atoms with Crippen molar-refractivity contribution in [2.24, 2.45) is 0 Å². The molecule has 0 bridgehead atoms. The minimum absolute atomic E-state index is 0. The van der Waals surface area contributed by atoms with Crippen molar-refractivity contribution in [1.29, 1.82) is 0 Å². The van der Waals surface area contributed by atoms with E-state index in [4.69, 9.17) is 5.11 Å². The van der Waals surface area contributed by atoms with Crippen LogP contribution in [0.3, 0.4) is 0 Å². The first kappa shape index (κ1) is 10.0. The van der Waals surface area contributed by atoms with Gasteiger partial charge in [-0.3, -0.25) is 0 Å². The second-order valence-electron chi connectivity index (χ2n) is 2.29. The Balaban J connectivity index is 0.000000810. The van der Waals surface area contributed by atoms with Crippen molar-refractivity contribution in [2.45, 2.75) is 13.8 Å². The second kappa shape index (κ2) is 4.02. The molecule has 0 saturated heterocycles. The molecule has 0 fully saturated rings. The monoisotopic (exact) mass is 146 g/mol. The van der Waals surface area contributed by atoms with E-state index in [9.17, 15) is 0 Å². The normalized spacial score (nSPS) is 8.60. The van der Waals surface area contributed by atoms with Gasteiger partial charge in [-0.25, -0.2) is 0 Å². The van der Waals surface area contributed by atoms with Crippen molar-refractivity contribution in [3.8, 4) is 5.75 Å². The van der Waals surface area contributed by atoms with E-state index in [1.807, 2.05) is 26.0 Å². The molecular weight excluding hydrogens is 135 g/mol. The number of aryl methyl sites for hydroxylation is 2. The predicted molar refractivity (Wildman–Crippen MR) is 44.7 cm³/mol. The van der Waals surface area contributed by atoms with Crippen LogP contribution in [0.2, 0.25) is 0 Å². The van der Waals surface area contributed by atoms with Gasteiger partial charge in [-0.05, 0) is 31.0 Å². The number of rotatable bonds is 0. The van der Waals surface area contributed by atoms with Crippen LogP contribution < -0.4 is 0 Å². The molecule has 0 heterocycles. The van der Waals surface area contributed by atoms with E-state index in [0.717, 1.165) is 11.1 Å². The molecule has 2 heteroatoms. The van der Waals surface area contributed by atoms with Gasteiger partial charge in [0.25, 0.3) is 0 Å². The molecule has 0 atom stereocenters. The van der Waals surface area contributed by atoms with Crippen molar-refractivity contribution in [3.05, 3.63) is 29.3 Å². The SMILES string of the molecule is Cc1ccc(C)c(O)c1.[NaH]. The number of hydrogen-bond acceptors (Lipinski definition) is 1. The Bertz CT molecular complexity index is 220. The van der Waals surface area contributed by atoms with E-state index in [2.05, 4.69) is 0 Å². The molecule has 1 N–H and O–H groups in total. The summed E-state index contributed by atoms with van der Waals surface area (Å²) in [5.74, 6) is 0.384. The molecular formula is C8H11NaO. The van der Waals surface area contributed by atoms with Crippen molar-refractivity contribution >= 4 is 29.6 Å². The average molecular weight is 146 g/mol. The standard InChI is InChI=1S/C8H10O.Na.H/c1-6-3-4-7(2)8(9)5-6;;/h3-5,9H,1-2H3;;. The van der Waals surface area contributed by atoms with Crippen molar-refractivity contribution in [2.75, 3.05) is 0 Å². The van der Waals surface area contributed by atoms with Gasteiger partial charge in [0.05, 0.1) is 0 Å². The number of hydrogen-bond donors (Lipinski definition) is 1. The van der Waals surface area contributed by atoms with E-state index in [0.29, 0.717) is 5.75 Å². The van der Waals surface area contributed by atoms with Gasteiger partial charge in [0.2, 0.25) is 0 Å². The minimum atomic E-state index is 0. The molecule has 1 rings (SSSR count). The fraction of sp³-hybridized carbons (Fsp3) is 0.250. The summed E-state index contributed by atoms with van der Waals surface area (Å²) in [6, 6.07) is 5.65. The molecule has 0 unspecified atom stereocenters. The van der Waals surface area contributed by atoms with Gasteiger partial charge in [-0.15, -0.1) is 0 Å². The summed E-state index contributed by atoms with van der Waals surface area (Å²) in [5.41, 5.74) is 2.03. The Kier molecular flexibility index (Phi) is 4.02. The molecule has 0 aliphatic heterocycles. The van der Waals surface area contributed by atoms with E-state index in [-0.39, 0.29) is 29.6 Å². The quantitative estimate of drug-likeness (QED) is 0.548. The number of phenols is 1. The van der Waals surface area contributed by atoms with Crippen molar-refractivity contribution < 1.29 is 5.11 Å². The van der Waals surface area contributed by atoms with Gasteiger partial charge in [-0.2, -0.15) is 0 Å². The molecule has 0 aromatic heterocycles. The van der Waals surface area contributed by atoms with Gasteiger partial charge in [0.1, 0.15) is 5.75 Å². The summed E-state index contributed by atoms with van der Waals surface area (Å²) in [4.78, 5) is 0. The topological polar surface area (TPSA) is 20.2 Å². The molecule has 0 saturated carbocycles. The fourth-order valence-corrected chi connectivity index (χ4v) is 0.719. The van der Waals surface area contributed by atoms with Crippen molar-refractivity contribution in [3.63, 3.8) is 0 Å². The molecule has 0 spiro atoms. The average Bonchev–Trinajstić information content (AvgIpc) is 1.80. The third kappa shape index (κ3) is 2.33. The first-order chi connectivity index (χ1) is 4.20. The summed E-state index contributed by atoms with van der Waals surface area (Å²) in [6.45, 7) is 3.84. The summed E-state index contributed by atoms with van der Waals surface area (Å²) in [6.07, 6.45) is 0. The summed E-state index contributed by atoms with van der Waals surface area (Å²) in [5, 5.41) is 9.10. The number of phenolic OH excluding ortho intramolecular Hbond substituents is 1. The molecule has 0 radical (unpaired) electrons. The Morgan fingerprint density at radius 1 is 1.20 bits per heavy atom. The number of benzene rings is 1. The Morgan fingerprint density at radius 2 is 1.80 bits per heavy atom. The Hall–Kier alpha value is 0.0200. The third-order valence-electron chi connectivity index (χ3n) is 1.36. The summed E-state index contributed by atoms with van der Waals surface area (Å²) in [7, 11) is 0. The van der Waals surface area contributed by atoms with Gasteiger partial charge in [0, 0.05) is 0 Å². The van der Waals surface area contributed by atoms with Gasteiger partial charge in [-0.1, -0.05) is 12.1 Å². The Morgan fingerprint density at radius 3 is 2.20 bits per heavy atom. The fourth-order valence-electron chi connectivity index (χ4n) is 0.719. The molecule has 0 aliphatic carbocycles. The van der Waals surface area contributed by atoms with Crippen LogP contribution in [-0.4, -0.2) is 34.7 Å². The van der Waals surface area contributed by atoms with Gasteiger partial charge < -0.3 is 5.11 Å². The van der Waals surface area contributed by atoms with Crippen LogP contribution in [0.15, 0.2) is 18.2 Å². The van der Waals surface area contributed by atoms with Crippen molar-refractivity contribution in [1.82, 2.24) is 0 Å². The molecule has 1 aromatic rings. The van der Waals surface area contributed by atoms with Gasteiger partial charge in [0.15, 0.2) is 0 Å². The predicted octanol–water partition coefficient (Wildman–Crippen LogP) is 1.36. The summed E-state index contributed by atoms with van der Waals surface area (Å²) >= 11 is 0. The summed E-state index contributed by atoms with van der Waals surface area (Å²) < 4.78 is 0. The first-order valence-corrected chi connectivity index (χ1v) is 2.96. The van der Waals surface area contributed by atoms with Crippen LogP contribution >= 0.6 is 0 Å². The zero-order valence-electron chi connectivity index (χ0n) is 5.68. The second-order valence-corrected chi connectivity index (χ2v) is 2.29. The maximum atomic E-state index is 9.10.